The summed E-state index contributed by atoms with van der Waals surface area (Å²) < 4.78 is 40.4. The Hall–Kier alpha value is -2.27. The Balaban J connectivity index is 1.26. The molecule has 0 aliphatic carbocycles. The molecule has 2 aromatic rings. The first kappa shape index (κ1) is 24.8. The topological polar surface area (TPSA) is 67.8 Å². The van der Waals surface area contributed by atoms with Crippen LogP contribution in [0.5, 0.6) is 0 Å². The molecule has 0 spiro atoms. The first-order chi connectivity index (χ1) is 16.3. The zero-order valence-corrected chi connectivity index (χ0v) is 19.5. The lowest BCUT2D eigenvalue weighted by Gasteiger charge is -2.34. The highest BCUT2D eigenvalue weighted by molar-refractivity contribution is 7.97. The maximum Gasteiger partial charge on any atom is 0.416 e. The summed E-state index contributed by atoms with van der Waals surface area (Å²) in [6, 6.07) is 11.8. The van der Waals surface area contributed by atoms with Crippen LogP contribution in [-0.4, -0.2) is 58.7 Å². The standard InChI is InChI=1S/C24H29F3N4O2S/c25-24(26,27)17-3-5-18(6-4-17)28-23(33)29-19-7-9-22(10-8-19)34-31-13-1-2-20(31)16-30-14-11-21(32)12-15-30/h3-10,20-21,32H,1-2,11-16H2,(H2,28,29,33). The van der Waals surface area contributed by atoms with E-state index in [-0.39, 0.29) is 11.8 Å². The molecule has 2 amide bonds. The van der Waals surface area contributed by atoms with Crippen LogP contribution in [0.3, 0.4) is 0 Å². The lowest BCUT2D eigenvalue weighted by atomic mass is 10.1. The van der Waals surface area contributed by atoms with Gasteiger partial charge in [0.25, 0.3) is 0 Å². The SMILES string of the molecule is O=C(Nc1ccc(SN2CCCC2CN2CCC(O)CC2)cc1)Nc1ccc(C(F)(F)F)cc1. The van der Waals surface area contributed by atoms with Gasteiger partial charge in [-0.2, -0.15) is 13.2 Å². The molecule has 2 aliphatic heterocycles. The molecule has 34 heavy (non-hydrogen) atoms. The highest BCUT2D eigenvalue weighted by Crippen LogP contribution is 2.33. The number of likely N-dealkylation sites (tertiary alicyclic amines) is 1. The maximum atomic E-state index is 12.7. The van der Waals surface area contributed by atoms with E-state index in [0.29, 0.717) is 11.7 Å². The molecule has 1 atom stereocenters. The lowest BCUT2D eigenvalue weighted by Crippen LogP contribution is -2.42. The van der Waals surface area contributed by atoms with Crippen molar-refractivity contribution in [3.05, 3.63) is 54.1 Å². The third kappa shape index (κ3) is 6.88. The second-order valence-electron chi connectivity index (χ2n) is 8.74. The van der Waals surface area contributed by atoms with Crippen molar-refractivity contribution in [3.63, 3.8) is 0 Å². The molecule has 4 rings (SSSR count). The number of nitrogens with zero attached hydrogens (tertiary/aromatic N) is 2. The number of amides is 2. The molecule has 2 heterocycles. The normalized spacial score (nSPS) is 20.4. The number of urea groups is 1. The largest absolute Gasteiger partial charge is 0.416 e. The van der Waals surface area contributed by atoms with Crippen LogP contribution >= 0.6 is 11.9 Å². The summed E-state index contributed by atoms with van der Waals surface area (Å²) in [5.74, 6) is 0. The van der Waals surface area contributed by atoms with Gasteiger partial charge in [-0.15, -0.1) is 0 Å². The van der Waals surface area contributed by atoms with Crippen LogP contribution in [0.4, 0.5) is 29.3 Å². The number of hydrogen-bond donors (Lipinski definition) is 3. The Morgan fingerprint density at radius 2 is 1.53 bits per heavy atom. The van der Waals surface area contributed by atoms with Gasteiger partial charge in [0.1, 0.15) is 0 Å². The fraction of sp³-hybridized carbons (Fsp3) is 0.458. The van der Waals surface area contributed by atoms with Crippen molar-refractivity contribution >= 4 is 29.4 Å². The number of benzene rings is 2. The molecule has 0 bridgehead atoms. The lowest BCUT2D eigenvalue weighted by molar-refractivity contribution is -0.137. The van der Waals surface area contributed by atoms with Crippen molar-refractivity contribution in [1.82, 2.24) is 9.21 Å². The summed E-state index contributed by atoms with van der Waals surface area (Å²) in [5.41, 5.74) is 0.112. The minimum Gasteiger partial charge on any atom is -0.393 e. The highest BCUT2D eigenvalue weighted by atomic mass is 32.2. The van der Waals surface area contributed by atoms with Gasteiger partial charge in [-0.1, -0.05) is 0 Å². The average Bonchev–Trinajstić information content (AvgIpc) is 3.23. The summed E-state index contributed by atoms with van der Waals surface area (Å²) in [5, 5.41) is 15.0. The fourth-order valence-corrected chi connectivity index (χ4v) is 5.35. The average molecular weight is 495 g/mol. The zero-order valence-electron chi connectivity index (χ0n) is 18.7. The van der Waals surface area contributed by atoms with Gasteiger partial charge in [0.05, 0.1) is 11.7 Å². The van der Waals surface area contributed by atoms with Crippen molar-refractivity contribution in [2.24, 2.45) is 0 Å². The third-order valence-corrected chi connectivity index (χ3v) is 7.35. The predicted octanol–water partition coefficient (Wildman–Crippen LogP) is 5.28. The number of hydrogen-bond acceptors (Lipinski definition) is 5. The summed E-state index contributed by atoms with van der Waals surface area (Å²) in [7, 11) is 0. The van der Waals surface area contributed by atoms with Gasteiger partial charge < -0.3 is 20.6 Å². The van der Waals surface area contributed by atoms with E-state index in [0.717, 1.165) is 68.9 Å². The first-order valence-electron chi connectivity index (χ1n) is 11.5. The molecule has 2 aliphatic rings. The minimum atomic E-state index is -4.41. The van der Waals surface area contributed by atoms with E-state index in [4.69, 9.17) is 0 Å². The zero-order chi connectivity index (χ0) is 24.1. The Morgan fingerprint density at radius 3 is 2.12 bits per heavy atom. The van der Waals surface area contributed by atoms with Crippen LogP contribution in [0, 0.1) is 0 Å². The number of rotatable bonds is 6. The number of nitrogens with one attached hydrogen (secondary N) is 2. The highest BCUT2D eigenvalue weighted by Gasteiger charge is 2.30. The molecule has 6 nitrogen and oxygen atoms in total. The van der Waals surface area contributed by atoms with Gasteiger partial charge >= 0.3 is 12.2 Å². The van der Waals surface area contributed by atoms with E-state index in [1.165, 1.54) is 12.1 Å². The second-order valence-corrected chi connectivity index (χ2v) is 9.86. The number of aliphatic hydroxyl groups excluding tert-OH is 1. The molecule has 0 saturated carbocycles. The molecule has 2 fully saturated rings. The Morgan fingerprint density at radius 1 is 0.941 bits per heavy atom. The molecule has 3 N–H and O–H groups in total. The maximum absolute atomic E-state index is 12.7. The number of carbonyl (C=O) groups excluding carboxylic acids is 1. The van der Waals surface area contributed by atoms with Crippen molar-refractivity contribution in [2.45, 2.75) is 48.9 Å². The Kier molecular flexibility index (Phi) is 8.02. The van der Waals surface area contributed by atoms with Crippen LogP contribution in [0.15, 0.2) is 53.4 Å². The molecule has 2 aromatic carbocycles. The second kappa shape index (κ2) is 11.0. The van der Waals surface area contributed by atoms with Crippen LogP contribution < -0.4 is 10.6 Å². The summed E-state index contributed by atoms with van der Waals surface area (Å²) in [6.07, 6.45) is -0.545. The smallest absolute Gasteiger partial charge is 0.393 e. The summed E-state index contributed by atoms with van der Waals surface area (Å²) in [4.78, 5) is 15.7. The van der Waals surface area contributed by atoms with Crippen molar-refractivity contribution < 1.29 is 23.1 Å². The molecule has 184 valence electrons. The first-order valence-corrected chi connectivity index (χ1v) is 12.2. The quantitative estimate of drug-likeness (QED) is 0.477. The van der Waals surface area contributed by atoms with Gasteiger partial charge in [-0.3, -0.25) is 0 Å². The molecule has 10 heteroatoms. The molecular formula is C24H29F3N4O2S. The van der Waals surface area contributed by atoms with E-state index < -0.39 is 17.8 Å². The van der Waals surface area contributed by atoms with Gasteiger partial charge in [-0.25, -0.2) is 9.10 Å². The number of alkyl halides is 3. The number of halogens is 3. The molecule has 0 aromatic heterocycles. The molecule has 1 unspecified atom stereocenters. The number of carbonyl (C=O) groups is 1. The van der Waals surface area contributed by atoms with Gasteiger partial charge in [0.15, 0.2) is 0 Å². The van der Waals surface area contributed by atoms with Gasteiger partial charge in [0.2, 0.25) is 0 Å². The minimum absolute atomic E-state index is 0.158. The predicted molar refractivity (Wildman–Crippen MR) is 128 cm³/mol. The summed E-state index contributed by atoms with van der Waals surface area (Å²) >= 11 is 1.72. The van der Waals surface area contributed by atoms with Crippen molar-refractivity contribution in [2.75, 3.05) is 36.8 Å². The Bertz CT molecular complexity index is 948. The van der Waals surface area contributed by atoms with Crippen molar-refractivity contribution in [3.8, 4) is 0 Å². The van der Waals surface area contributed by atoms with Crippen molar-refractivity contribution in [1.29, 1.82) is 0 Å². The number of aliphatic hydroxyl groups is 1. The van der Waals surface area contributed by atoms with E-state index >= 15 is 0 Å². The van der Waals surface area contributed by atoms with Crippen LogP contribution in [0.25, 0.3) is 0 Å². The molecular weight excluding hydrogens is 465 g/mol. The van der Waals surface area contributed by atoms with E-state index in [1.807, 2.05) is 24.3 Å². The van der Waals surface area contributed by atoms with E-state index in [1.54, 1.807) is 11.9 Å². The monoisotopic (exact) mass is 494 g/mol. The van der Waals surface area contributed by atoms with Crippen LogP contribution in [0.1, 0.15) is 31.2 Å². The van der Waals surface area contributed by atoms with E-state index in [2.05, 4.69) is 19.8 Å². The fourth-order valence-electron chi connectivity index (χ4n) is 4.28. The van der Waals surface area contributed by atoms with Crippen LogP contribution in [-0.2, 0) is 6.18 Å². The van der Waals surface area contributed by atoms with E-state index in [9.17, 15) is 23.1 Å². The van der Waals surface area contributed by atoms with Gasteiger partial charge in [-0.05, 0) is 86.2 Å². The number of piperidine rings is 1. The van der Waals surface area contributed by atoms with Crippen LogP contribution in [0.2, 0.25) is 0 Å². The molecule has 2 saturated heterocycles. The summed E-state index contributed by atoms with van der Waals surface area (Å²) in [6.45, 7) is 3.95. The number of anilines is 2. The molecule has 0 radical (unpaired) electrons. The van der Waals surface area contributed by atoms with Gasteiger partial charge in [0, 0.05) is 48.5 Å². The Labute approximate surface area is 201 Å². The third-order valence-electron chi connectivity index (χ3n) is 6.15.